The van der Waals surface area contributed by atoms with E-state index in [0.717, 1.165) is 0 Å². The highest BCUT2D eigenvalue weighted by Crippen LogP contribution is 2.41. The molecule has 1 amide bonds. The lowest BCUT2D eigenvalue weighted by atomic mass is 9.95. The van der Waals surface area contributed by atoms with Crippen molar-refractivity contribution in [2.75, 3.05) is 19.8 Å². The number of carbonyl (C=O) groups is 3. The summed E-state index contributed by atoms with van der Waals surface area (Å²) in [7, 11) is 0. The van der Waals surface area contributed by atoms with Crippen molar-refractivity contribution in [3.8, 4) is 5.75 Å². The van der Waals surface area contributed by atoms with Crippen molar-refractivity contribution in [1.82, 2.24) is 4.90 Å². The molecule has 0 spiro atoms. The normalized spacial score (nSPS) is 16.7. The van der Waals surface area contributed by atoms with Crippen molar-refractivity contribution in [3.05, 3.63) is 41.2 Å². The van der Waals surface area contributed by atoms with Crippen LogP contribution in [0.4, 0.5) is 0 Å². The van der Waals surface area contributed by atoms with E-state index in [1.807, 2.05) is 0 Å². The van der Waals surface area contributed by atoms with Gasteiger partial charge >= 0.3 is 5.97 Å². The Hall–Kier alpha value is -2.87. The summed E-state index contributed by atoms with van der Waals surface area (Å²) in [6, 6.07) is 5.68. The van der Waals surface area contributed by atoms with E-state index in [2.05, 4.69) is 0 Å². The largest absolute Gasteiger partial charge is 0.503 e. The lowest BCUT2D eigenvalue weighted by Crippen LogP contribution is -2.32. The van der Waals surface area contributed by atoms with Gasteiger partial charge in [-0.1, -0.05) is 18.2 Å². The monoisotopic (exact) mass is 377 g/mol. The molecule has 3 N–H and O–H groups in total. The minimum Gasteiger partial charge on any atom is -0.503 e. The van der Waals surface area contributed by atoms with Crippen molar-refractivity contribution in [3.63, 3.8) is 0 Å². The summed E-state index contributed by atoms with van der Waals surface area (Å²) < 4.78 is 5.31. The van der Waals surface area contributed by atoms with E-state index in [0.29, 0.717) is 24.8 Å². The Balaban J connectivity index is 2.40. The Bertz CT molecular complexity index is 756. The predicted octanol–water partition coefficient (Wildman–Crippen LogP) is 1.60. The molecule has 0 bridgehead atoms. The molecule has 0 saturated heterocycles. The van der Waals surface area contributed by atoms with Crippen molar-refractivity contribution in [1.29, 1.82) is 0 Å². The van der Waals surface area contributed by atoms with Gasteiger partial charge in [-0.15, -0.1) is 0 Å². The molecule has 1 atom stereocenters. The van der Waals surface area contributed by atoms with E-state index >= 15 is 0 Å². The second-order valence-corrected chi connectivity index (χ2v) is 6.22. The number of nitrogens with zero attached hydrogens (tertiary/aromatic N) is 1. The first-order chi connectivity index (χ1) is 12.9. The number of Topliss-reactive ketones (excluding diaryl/α,β-unsaturated/α-hetero) is 1. The van der Waals surface area contributed by atoms with E-state index in [9.17, 15) is 19.5 Å². The number of para-hydroxylation sites is 1. The summed E-state index contributed by atoms with van der Waals surface area (Å²) in [6.07, 6.45) is 1.85. The highest BCUT2D eigenvalue weighted by Gasteiger charge is 2.43. The van der Waals surface area contributed by atoms with Crippen LogP contribution in [0, 0.1) is 0 Å². The summed E-state index contributed by atoms with van der Waals surface area (Å²) in [5.74, 6) is -2.62. The number of amides is 1. The van der Waals surface area contributed by atoms with Gasteiger partial charge in [0.2, 0.25) is 0 Å². The Morgan fingerprint density at radius 2 is 1.89 bits per heavy atom. The average molecular weight is 377 g/mol. The van der Waals surface area contributed by atoms with E-state index in [4.69, 9.17) is 14.9 Å². The molecule has 1 aromatic carbocycles. The third-order valence-corrected chi connectivity index (χ3v) is 4.30. The zero-order chi connectivity index (χ0) is 20.0. The summed E-state index contributed by atoms with van der Waals surface area (Å²) >= 11 is 0. The minimum absolute atomic E-state index is 0.0338. The number of ketones is 1. The Kier molecular flexibility index (Phi) is 6.95. The second kappa shape index (κ2) is 9.18. The lowest BCUT2D eigenvalue weighted by Gasteiger charge is -2.28. The SMILES string of the molecule is CC(=O)C1=C(O)C(=O)N(CCCCCO)C1c1ccccc1OCC(=O)O. The second-order valence-electron chi connectivity index (χ2n) is 6.22. The van der Waals surface area contributed by atoms with Crippen molar-refractivity contribution in [2.45, 2.75) is 32.2 Å². The fraction of sp³-hybridized carbons (Fsp3) is 0.421. The number of ether oxygens (including phenoxy) is 1. The van der Waals surface area contributed by atoms with Crippen LogP contribution in [0.5, 0.6) is 5.75 Å². The van der Waals surface area contributed by atoms with Gasteiger partial charge in [0.1, 0.15) is 5.75 Å². The number of carbonyl (C=O) groups excluding carboxylic acids is 2. The molecule has 27 heavy (non-hydrogen) atoms. The van der Waals surface area contributed by atoms with E-state index in [1.165, 1.54) is 11.8 Å². The maximum absolute atomic E-state index is 12.5. The number of benzene rings is 1. The van der Waals surface area contributed by atoms with Crippen LogP contribution in [-0.4, -0.2) is 57.6 Å². The summed E-state index contributed by atoms with van der Waals surface area (Å²) in [5, 5.41) is 28.0. The molecule has 8 nitrogen and oxygen atoms in total. The van der Waals surface area contributed by atoms with Crippen molar-refractivity contribution < 1.29 is 34.4 Å². The van der Waals surface area contributed by atoms with Crippen LogP contribution in [0.3, 0.4) is 0 Å². The first-order valence-corrected chi connectivity index (χ1v) is 8.67. The molecular weight excluding hydrogens is 354 g/mol. The molecule has 1 aromatic rings. The number of aliphatic hydroxyl groups excluding tert-OH is 2. The topological polar surface area (TPSA) is 124 Å². The maximum Gasteiger partial charge on any atom is 0.341 e. The number of carboxylic acid groups (broad SMARTS) is 1. The predicted molar refractivity (Wildman–Crippen MR) is 95.3 cm³/mol. The quantitative estimate of drug-likeness (QED) is 0.529. The van der Waals surface area contributed by atoms with Crippen LogP contribution in [0.25, 0.3) is 0 Å². The van der Waals surface area contributed by atoms with E-state index in [-0.39, 0.29) is 24.5 Å². The number of rotatable bonds is 10. The number of aliphatic hydroxyl groups is 2. The van der Waals surface area contributed by atoms with Gasteiger partial charge in [0, 0.05) is 18.7 Å². The number of unbranched alkanes of at least 4 members (excludes halogenated alkanes) is 2. The van der Waals surface area contributed by atoms with Crippen LogP contribution >= 0.6 is 0 Å². The third kappa shape index (κ3) is 4.65. The summed E-state index contributed by atoms with van der Waals surface area (Å²) in [4.78, 5) is 36.9. The highest BCUT2D eigenvalue weighted by molar-refractivity contribution is 6.08. The molecular formula is C19H23NO7. The molecule has 0 radical (unpaired) electrons. The number of aliphatic carboxylic acids is 1. The standard InChI is InChI=1S/C19H23NO7/c1-12(22)16-17(13-7-3-4-8-14(13)27-11-15(23)24)20(19(26)18(16)25)9-5-2-6-10-21/h3-4,7-8,17,21,25H,2,5-6,9-11H2,1H3,(H,23,24). The molecule has 0 fully saturated rings. The molecule has 146 valence electrons. The van der Waals surface area contributed by atoms with Crippen LogP contribution in [-0.2, 0) is 14.4 Å². The van der Waals surface area contributed by atoms with Gasteiger partial charge < -0.3 is 25.0 Å². The number of hydrogen-bond acceptors (Lipinski definition) is 6. The van der Waals surface area contributed by atoms with E-state index in [1.54, 1.807) is 24.3 Å². The fourth-order valence-corrected chi connectivity index (χ4v) is 3.12. The maximum atomic E-state index is 12.5. The molecule has 1 unspecified atom stereocenters. The van der Waals surface area contributed by atoms with Crippen molar-refractivity contribution in [2.24, 2.45) is 0 Å². The summed E-state index contributed by atoms with van der Waals surface area (Å²) in [5.41, 5.74) is 0.400. The zero-order valence-corrected chi connectivity index (χ0v) is 15.1. The Labute approximate surface area is 156 Å². The fourth-order valence-electron chi connectivity index (χ4n) is 3.12. The zero-order valence-electron chi connectivity index (χ0n) is 15.1. The smallest absolute Gasteiger partial charge is 0.341 e. The summed E-state index contributed by atoms with van der Waals surface area (Å²) in [6.45, 7) is 1.02. The first kappa shape index (κ1) is 20.4. The third-order valence-electron chi connectivity index (χ3n) is 4.30. The molecule has 1 heterocycles. The molecule has 1 aliphatic rings. The highest BCUT2D eigenvalue weighted by atomic mass is 16.5. The van der Waals surface area contributed by atoms with Gasteiger partial charge in [0.05, 0.1) is 11.6 Å². The molecule has 0 saturated carbocycles. The van der Waals surface area contributed by atoms with Crippen LogP contribution in [0.15, 0.2) is 35.6 Å². The van der Waals surface area contributed by atoms with E-state index < -0.39 is 36.1 Å². The Morgan fingerprint density at radius 1 is 1.19 bits per heavy atom. The van der Waals surface area contributed by atoms with Gasteiger partial charge in [-0.3, -0.25) is 9.59 Å². The molecule has 0 aliphatic carbocycles. The van der Waals surface area contributed by atoms with Crippen LogP contribution in [0.1, 0.15) is 37.8 Å². The van der Waals surface area contributed by atoms with Crippen LogP contribution in [0.2, 0.25) is 0 Å². The molecule has 0 aromatic heterocycles. The molecule has 1 aliphatic heterocycles. The lowest BCUT2D eigenvalue weighted by molar-refractivity contribution is -0.139. The van der Waals surface area contributed by atoms with Gasteiger partial charge in [-0.2, -0.15) is 0 Å². The average Bonchev–Trinajstić information content (AvgIpc) is 2.88. The van der Waals surface area contributed by atoms with Gasteiger partial charge in [-0.05, 0) is 32.3 Å². The van der Waals surface area contributed by atoms with Gasteiger partial charge in [-0.25, -0.2) is 4.79 Å². The molecule has 2 rings (SSSR count). The van der Waals surface area contributed by atoms with Gasteiger partial charge in [0.25, 0.3) is 5.91 Å². The Morgan fingerprint density at radius 3 is 2.52 bits per heavy atom. The van der Waals surface area contributed by atoms with Gasteiger partial charge in [0.15, 0.2) is 18.1 Å². The van der Waals surface area contributed by atoms with Crippen LogP contribution < -0.4 is 4.74 Å². The molecule has 8 heteroatoms. The number of carboxylic acids is 1. The number of hydrogen-bond donors (Lipinski definition) is 3. The minimum atomic E-state index is -1.15. The van der Waals surface area contributed by atoms with Crippen molar-refractivity contribution >= 4 is 17.7 Å². The first-order valence-electron chi connectivity index (χ1n) is 8.67.